The maximum atomic E-state index is 12.8. The summed E-state index contributed by atoms with van der Waals surface area (Å²) in [5.41, 5.74) is 3.72. The molecule has 1 fully saturated rings. The van der Waals surface area contributed by atoms with Gasteiger partial charge in [0.1, 0.15) is 0 Å². The van der Waals surface area contributed by atoms with Crippen molar-refractivity contribution in [2.45, 2.75) is 44.5 Å². The number of nitrogens with zero attached hydrogens (tertiary/aromatic N) is 4. The van der Waals surface area contributed by atoms with E-state index in [0.29, 0.717) is 5.75 Å². The van der Waals surface area contributed by atoms with Gasteiger partial charge in [-0.15, -0.1) is 10.2 Å². The molecule has 0 amide bonds. The summed E-state index contributed by atoms with van der Waals surface area (Å²) in [6.07, 6.45) is 4.39. The van der Waals surface area contributed by atoms with Crippen molar-refractivity contribution < 1.29 is 9.53 Å². The van der Waals surface area contributed by atoms with Gasteiger partial charge in [0.15, 0.2) is 16.6 Å². The Kier molecular flexibility index (Phi) is 4.82. The highest BCUT2D eigenvalue weighted by molar-refractivity contribution is 7.99. The summed E-state index contributed by atoms with van der Waals surface area (Å²) in [6, 6.07) is 7.75. The van der Waals surface area contributed by atoms with Crippen molar-refractivity contribution in [3.63, 3.8) is 0 Å². The van der Waals surface area contributed by atoms with Gasteiger partial charge in [0.2, 0.25) is 0 Å². The highest BCUT2D eigenvalue weighted by Gasteiger charge is 2.21. The second-order valence-electron chi connectivity index (χ2n) is 6.65. The average molecular weight is 370 g/mol. The number of Topliss-reactive ketones (excluding diaryl/α,β-unsaturated/α-hetero) is 1. The van der Waals surface area contributed by atoms with Crippen molar-refractivity contribution in [1.29, 1.82) is 0 Å². The Morgan fingerprint density at radius 2 is 2.23 bits per heavy atom. The van der Waals surface area contributed by atoms with E-state index in [1.165, 1.54) is 11.8 Å². The molecule has 0 N–H and O–H groups in total. The van der Waals surface area contributed by atoms with Crippen LogP contribution in [0.2, 0.25) is 0 Å². The highest BCUT2D eigenvalue weighted by Crippen LogP contribution is 2.23. The van der Waals surface area contributed by atoms with Crippen LogP contribution in [0.5, 0.6) is 0 Å². The summed E-state index contributed by atoms with van der Waals surface area (Å²) in [7, 11) is 0. The zero-order valence-electron chi connectivity index (χ0n) is 15.0. The van der Waals surface area contributed by atoms with Crippen LogP contribution in [0, 0.1) is 13.8 Å². The largest absolute Gasteiger partial charge is 0.376 e. The first-order valence-electron chi connectivity index (χ1n) is 8.87. The van der Waals surface area contributed by atoms with Crippen LogP contribution in [0.25, 0.3) is 5.65 Å². The Morgan fingerprint density at radius 3 is 3.04 bits per heavy atom. The maximum absolute atomic E-state index is 12.8. The fourth-order valence-electron chi connectivity index (χ4n) is 3.48. The minimum atomic E-state index is 0.120. The third kappa shape index (κ3) is 3.29. The van der Waals surface area contributed by atoms with Gasteiger partial charge in [-0.2, -0.15) is 0 Å². The SMILES string of the molecule is Cc1cc(C(=O)CSc2nnc3ccccn23)c(C)n1C[C@H]1CCCO1. The van der Waals surface area contributed by atoms with E-state index in [1.54, 1.807) is 0 Å². The van der Waals surface area contributed by atoms with Gasteiger partial charge < -0.3 is 9.30 Å². The Morgan fingerprint density at radius 1 is 1.35 bits per heavy atom. The van der Waals surface area contributed by atoms with E-state index < -0.39 is 0 Å². The molecule has 1 atom stereocenters. The van der Waals surface area contributed by atoms with E-state index >= 15 is 0 Å². The maximum Gasteiger partial charge on any atom is 0.196 e. The lowest BCUT2D eigenvalue weighted by Crippen LogP contribution is -2.17. The van der Waals surface area contributed by atoms with Gasteiger partial charge in [0.05, 0.1) is 11.9 Å². The number of rotatable bonds is 6. The van der Waals surface area contributed by atoms with E-state index in [0.717, 1.165) is 53.7 Å². The molecule has 0 radical (unpaired) electrons. The second kappa shape index (κ2) is 7.25. The number of aromatic nitrogens is 4. The van der Waals surface area contributed by atoms with E-state index in [2.05, 4.69) is 21.7 Å². The molecular formula is C19H22N4O2S. The number of hydrogen-bond acceptors (Lipinski definition) is 5. The first kappa shape index (κ1) is 17.3. The van der Waals surface area contributed by atoms with E-state index in [9.17, 15) is 4.79 Å². The number of carbonyl (C=O) groups excluding carboxylic acids is 1. The Bertz CT molecular complexity index is 940. The van der Waals surface area contributed by atoms with Crippen molar-refractivity contribution in [2.75, 3.05) is 12.4 Å². The number of ether oxygens (including phenoxy) is 1. The number of carbonyl (C=O) groups is 1. The van der Waals surface area contributed by atoms with Crippen molar-refractivity contribution in [3.05, 3.63) is 47.4 Å². The number of pyridine rings is 1. The fraction of sp³-hybridized carbons (Fsp3) is 0.421. The zero-order valence-corrected chi connectivity index (χ0v) is 15.8. The molecule has 0 spiro atoms. The number of thioether (sulfide) groups is 1. The predicted octanol–water partition coefficient (Wildman–Crippen LogP) is 3.30. The minimum Gasteiger partial charge on any atom is -0.376 e. The molecule has 3 aromatic heterocycles. The molecule has 1 aliphatic heterocycles. The Labute approximate surface area is 156 Å². The van der Waals surface area contributed by atoms with Gasteiger partial charge in [-0.05, 0) is 44.9 Å². The second-order valence-corrected chi connectivity index (χ2v) is 7.60. The molecule has 6 nitrogen and oxygen atoms in total. The highest BCUT2D eigenvalue weighted by atomic mass is 32.2. The van der Waals surface area contributed by atoms with Crippen molar-refractivity contribution in [1.82, 2.24) is 19.2 Å². The summed E-state index contributed by atoms with van der Waals surface area (Å²) < 4.78 is 9.86. The summed E-state index contributed by atoms with van der Waals surface area (Å²) in [5.74, 6) is 0.467. The van der Waals surface area contributed by atoms with Crippen molar-refractivity contribution in [2.24, 2.45) is 0 Å². The molecular weight excluding hydrogens is 348 g/mol. The molecule has 0 bridgehead atoms. The Balaban J connectivity index is 1.47. The molecule has 136 valence electrons. The van der Waals surface area contributed by atoms with Crippen LogP contribution >= 0.6 is 11.8 Å². The normalized spacial score (nSPS) is 17.2. The zero-order chi connectivity index (χ0) is 18.1. The first-order valence-corrected chi connectivity index (χ1v) is 9.86. The quantitative estimate of drug-likeness (QED) is 0.492. The van der Waals surface area contributed by atoms with Gasteiger partial charge in [0, 0.05) is 36.3 Å². The topological polar surface area (TPSA) is 61.4 Å². The number of fused-ring (bicyclic) bond motifs is 1. The third-order valence-electron chi connectivity index (χ3n) is 4.90. The molecule has 4 heterocycles. The molecule has 4 rings (SSSR count). The molecule has 1 aliphatic rings. The summed E-state index contributed by atoms with van der Waals surface area (Å²) >= 11 is 1.42. The van der Waals surface area contributed by atoms with Crippen LogP contribution in [0.3, 0.4) is 0 Å². The summed E-state index contributed by atoms with van der Waals surface area (Å²) in [6.45, 7) is 5.75. The van der Waals surface area contributed by atoms with Crippen LogP contribution in [0.1, 0.15) is 34.6 Å². The van der Waals surface area contributed by atoms with Crippen LogP contribution in [0.15, 0.2) is 35.6 Å². The molecule has 0 unspecified atom stereocenters. The number of hydrogen-bond donors (Lipinski definition) is 0. The van der Waals surface area contributed by atoms with Crippen LogP contribution in [-0.4, -0.2) is 43.4 Å². The number of ketones is 1. The van der Waals surface area contributed by atoms with Gasteiger partial charge in [-0.3, -0.25) is 9.20 Å². The van der Waals surface area contributed by atoms with Gasteiger partial charge in [-0.25, -0.2) is 0 Å². The molecule has 0 saturated carbocycles. The van der Waals surface area contributed by atoms with Gasteiger partial charge in [0.25, 0.3) is 0 Å². The van der Waals surface area contributed by atoms with E-state index in [1.807, 2.05) is 41.8 Å². The predicted molar refractivity (Wildman–Crippen MR) is 101 cm³/mol. The summed E-state index contributed by atoms with van der Waals surface area (Å²) in [5, 5.41) is 9.04. The van der Waals surface area contributed by atoms with Crippen molar-refractivity contribution in [3.8, 4) is 0 Å². The molecule has 7 heteroatoms. The minimum absolute atomic E-state index is 0.120. The van der Waals surface area contributed by atoms with Crippen LogP contribution in [-0.2, 0) is 11.3 Å². The fourth-order valence-corrected chi connectivity index (χ4v) is 4.29. The average Bonchev–Trinajstić information content (AvgIpc) is 3.36. The Hall–Kier alpha value is -2.12. The molecule has 3 aromatic rings. The lowest BCUT2D eigenvalue weighted by Gasteiger charge is -2.14. The van der Waals surface area contributed by atoms with Gasteiger partial charge >= 0.3 is 0 Å². The molecule has 0 aliphatic carbocycles. The van der Waals surface area contributed by atoms with Crippen LogP contribution in [0.4, 0.5) is 0 Å². The van der Waals surface area contributed by atoms with Crippen molar-refractivity contribution >= 4 is 23.2 Å². The van der Waals surface area contributed by atoms with E-state index in [4.69, 9.17) is 4.74 Å². The third-order valence-corrected chi connectivity index (χ3v) is 5.84. The van der Waals surface area contributed by atoms with Crippen LogP contribution < -0.4 is 0 Å². The standard InChI is InChI=1S/C19H22N4O2S/c1-13-10-16(14(2)23(13)11-15-6-5-9-25-15)17(24)12-26-19-21-20-18-7-3-4-8-22(18)19/h3-4,7-8,10,15H,5-6,9,11-12H2,1-2H3/t15-/m1/s1. The number of aryl methyl sites for hydroxylation is 1. The molecule has 26 heavy (non-hydrogen) atoms. The first-order chi connectivity index (χ1) is 12.6. The lowest BCUT2D eigenvalue weighted by molar-refractivity contribution is 0.0957. The monoisotopic (exact) mass is 370 g/mol. The van der Waals surface area contributed by atoms with Gasteiger partial charge in [-0.1, -0.05) is 17.8 Å². The van der Waals surface area contributed by atoms with E-state index in [-0.39, 0.29) is 11.9 Å². The molecule has 1 saturated heterocycles. The smallest absolute Gasteiger partial charge is 0.196 e. The lowest BCUT2D eigenvalue weighted by atomic mass is 10.2. The summed E-state index contributed by atoms with van der Waals surface area (Å²) in [4.78, 5) is 12.8. The molecule has 0 aromatic carbocycles.